The number of furan rings is 1. The van der Waals surface area contributed by atoms with Gasteiger partial charge in [0.15, 0.2) is 0 Å². The maximum atomic E-state index is 6.25. The van der Waals surface area contributed by atoms with Gasteiger partial charge in [-0.2, -0.15) is 0 Å². The Morgan fingerprint density at radius 1 is 0.407 bits per heavy atom. The first-order chi connectivity index (χ1) is 29.3. The van der Waals surface area contributed by atoms with Crippen LogP contribution in [0.2, 0.25) is 0 Å². The zero-order valence-corrected chi connectivity index (χ0v) is 32.3. The zero-order chi connectivity index (χ0) is 38.9. The van der Waals surface area contributed by atoms with Gasteiger partial charge in [0.05, 0.1) is 5.52 Å². The van der Waals surface area contributed by atoms with Gasteiger partial charge in [-0.25, -0.2) is 0 Å². The van der Waals surface area contributed by atoms with Crippen molar-refractivity contribution in [2.75, 3.05) is 4.90 Å². The summed E-state index contributed by atoms with van der Waals surface area (Å²) in [4.78, 5) is 2.35. The van der Waals surface area contributed by atoms with Gasteiger partial charge >= 0.3 is 0 Å². The van der Waals surface area contributed by atoms with Crippen molar-refractivity contribution in [1.29, 1.82) is 0 Å². The van der Waals surface area contributed by atoms with Crippen LogP contribution in [0, 0.1) is 0 Å². The van der Waals surface area contributed by atoms with Gasteiger partial charge in [0, 0.05) is 55.7 Å². The molecule has 0 radical (unpaired) electrons. The summed E-state index contributed by atoms with van der Waals surface area (Å²) in [5.74, 6) is 0. The fraction of sp³-hybridized carbons (Fsp3) is 0.0357. The third-order valence-electron chi connectivity index (χ3n) is 12.3. The minimum absolute atomic E-state index is 0.887. The van der Waals surface area contributed by atoms with Crippen LogP contribution in [0.5, 0.6) is 0 Å². The second kappa shape index (κ2) is 13.5. The van der Waals surface area contributed by atoms with E-state index >= 15 is 0 Å². The molecule has 0 fully saturated rings. The summed E-state index contributed by atoms with van der Waals surface area (Å²) in [6.07, 6.45) is 2.00. The summed E-state index contributed by atoms with van der Waals surface area (Å²) in [6, 6.07) is 74.7. The summed E-state index contributed by atoms with van der Waals surface area (Å²) in [5, 5.41) is 6.12. The SMILES string of the molecule is c1ccc(-c2ccc(N(c3ccc(-c4cccc5c6c(n(-c7ccccc7)c45)CCc4ccc5ccccc5c4-6)cc3)c3ccc4oc5ccccc5c4c3)cc2)cc1. The van der Waals surface area contributed by atoms with Crippen molar-refractivity contribution in [1.82, 2.24) is 4.57 Å². The van der Waals surface area contributed by atoms with Gasteiger partial charge in [0.25, 0.3) is 0 Å². The highest BCUT2D eigenvalue weighted by molar-refractivity contribution is 6.12. The largest absolute Gasteiger partial charge is 0.456 e. The summed E-state index contributed by atoms with van der Waals surface area (Å²) < 4.78 is 8.80. The number of anilines is 3. The topological polar surface area (TPSA) is 21.3 Å². The Labute approximate surface area is 342 Å². The molecule has 0 unspecified atom stereocenters. The molecule has 2 aromatic heterocycles. The van der Waals surface area contributed by atoms with E-state index in [1.54, 1.807) is 0 Å². The number of aromatic nitrogens is 1. The van der Waals surface area contributed by atoms with Gasteiger partial charge in [-0.3, -0.25) is 0 Å². The monoisotopic (exact) mass is 754 g/mol. The molecule has 0 aliphatic heterocycles. The van der Waals surface area contributed by atoms with Crippen LogP contribution in [0.3, 0.4) is 0 Å². The van der Waals surface area contributed by atoms with Crippen molar-refractivity contribution in [3.63, 3.8) is 0 Å². The van der Waals surface area contributed by atoms with Crippen LogP contribution in [0.1, 0.15) is 11.3 Å². The Hall–Kier alpha value is -7.62. The molecule has 0 saturated heterocycles. The fourth-order valence-electron chi connectivity index (χ4n) is 9.60. The number of para-hydroxylation sites is 3. The van der Waals surface area contributed by atoms with E-state index in [1.165, 1.54) is 72.0 Å². The molecule has 1 aliphatic rings. The van der Waals surface area contributed by atoms with Crippen LogP contribution in [0.15, 0.2) is 211 Å². The molecule has 0 N–H and O–H groups in total. The normalized spacial score (nSPS) is 12.3. The Morgan fingerprint density at radius 2 is 1.03 bits per heavy atom. The maximum Gasteiger partial charge on any atom is 0.135 e. The Kier molecular flexibility index (Phi) is 7.67. The van der Waals surface area contributed by atoms with Crippen molar-refractivity contribution in [3.05, 3.63) is 218 Å². The molecular formula is C56H38N2O. The first kappa shape index (κ1) is 33.5. The number of benzene rings is 9. The number of rotatable bonds is 6. The van der Waals surface area contributed by atoms with E-state index in [0.717, 1.165) is 51.8 Å². The van der Waals surface area contributed by atoms with Gasteiger partial charge in [0.1, 0.15) is 11.2 Å². The highest BCUT2D eigenvalue weighted by Crippen LogP contribution is 2.48. The average Bonchev–Trinajstić information content (AvgIpc) is 3.86. The van der Waals surface area contributed by atoms with Crippen LogP contribution in [-0.4, -0.2) is 4.57 Å². The van der Waals surface area contributed by atoms with Gasteiger partial charge < -0.3 is 13.9 Å². The van der Waals surface area contributed by atoms with Crippen molar-refractivity contribution < 1.29 is 4.42 Å². The van der Waals surface area contributed by atoms with Crippen molar-refractivity contribution in [3.8, 4) is 39.1 Å². The molecule has 1 aliphatic carbocycles. The second-order valence-electron chi connectivity index (χ2n) is 15.6. The minimum atomic E-state index is 0.887. The molecule has 59 heavy (non-hydrogen) atoms. The van der Waals surface area contributed by atoms with E-state index in [9.17, 15) is 0 Å². The van der Waals surface area contributed by atoms with Crippen LogP contribution < -0.4 is 4.90 Å². The molecular weight excluding hydrogens is 717 g/mol. The van der Waals surface area contributed by atoms with E-state index in [-0.39, 0.29) is 0 Å². The molecule has 278 valence electrons. The number of hydrogen-bond donors (Lipinski definition) is 0. The lowest BCUT2D eigenvalue weighted by Gasteiger charge is -2.26. The molecule has 0 amide bonds. The van der Waals surface area contributed by atoms with Crippen LogP contribution in [0.25, 0.3) is 82.7 Å². The Balaban J connectivity index is 1.03. The molecule has 0 saturated carbocycles. The third-order valence-corrected chi connectivity index (χ3v) is 12.3. The zero-order valence-electron chi connectivity index (χ0n) is 32.3. The lowest BCUT2D eigenvalue weighted by atomic mass is 9.84. The molecule has 11 aromatic rings. The first-order valence-corrected chi connectivity index (χ1v) is 20.5. The van der Waals surface area contributed by atoms with Crippen LogP contribution in [-0.2, 0) is 12.8 Å². The maximum absolute atomic E-state index is 6.25. The molecule has 12 rings (SSSR count). The third kappa shape index (κ3) is 5.43. The first-order valence-electron chi connectivity index (χ1n) is 20.5. The second-order valence-corrected chi connectivity index (χ2v) is 15.6. The lowest BCUT2D eigenvalue weighted by Crippen LogP contribution is -2.10. The van der Waals surface area contributed by atoms with E-state index in [1.807, 2.05) is 12.1 Å². The number of aryl methyl sites for hydroxylation is 1. The highest BCUT2D eigenvalue weighted by atomic mass is 16.3. The molecule has 0 bridgehead atoms. The number of nitrogens with zero attached hydrogens (tertiary/aromatic N) is 2. The quantitative estimate of drug-likeness (QED) is 0.169. The van der Waals surface area contributed by atoms with Crippen molar-refractivity contribution in [2.45, 2.75) is 12.8 Å². The van der Waals surface area contributed by atoms with E-state index in [0.29, 0.717) is 0 Å². The minimum Gasteiger partial charge on any atom is -0.456 e. The van der Waals surface area contributed by atoms with Gasteiger partial charge in [-0.05, 0) is 112 Å². The summed E-state index contributed by atoms with van der Waals surface area (Å²) in [6.45, 7) is 0. The van der Waals surface area contributed by atoms with Crippen molar-refractivity contribution in [2.24, 2.45) is 0 Å². The highest BCUT2D eigenvalue weighted by Gasteiger charge is 2.28. The smallest absolute Gasteiger partial charge is 0.135 e. The number of hydrogen-bond acceptors (Lipinski definition) is 2. The van der Waals surface area contributed by atoms with E-state index in [2.05, 4.69) is 204 Å². The van der Waals surface area contributed by atoms with Gasteiger partial charge in [0.2, 0.25) is 0 Å². The van der Waals surface area contributed by atoms with Crippen LogP contribution >= 0.6 is 0 Å². The standard InChI is InChI=1S/C56H38N2O/c1-3-12-37(13-4-1)38-24-29-43(30-25-38)57(45-33-35-53-50(36-45)48-18-9-10-21-52(48)59-53)44-31-26-40(27-32-44)47-19-11-20-49-55-51(58(56(47)49)42-15-5-2-6-16-42)34-28-41-23-22-39-14-7-8-17-46(39)54(41)55/h1-27,29-33,35-36H,28,34H2. The van der Waals surface area contributed by atoms with Crippen LogP contribution in [0.4, 0.5) is 17.1 Å². The molecule has 3 heteroatoms. The molecule has 2 heterocycles. The van der Waals surface area contributed by atoms with Gasteiger partial charge in [-0.15, -0.1) is 0 Å². The Morgan fingerprint density at radius 3 is 1.83 bits per heavy atom. The fourth-order valence-corrected chi connectivity index (χ4v) is 9.60. The molecule has 9 aromatic carbocycles. The predicted molar refractivity (Wildman–Crippen MR) is 246 cm³/mol. The molecule has 0 atom stereocenters. The van der Waals surface area contributed by atoms with E-state index < -0.39 is 0 Å². The lowest BCUT2D eigenvalue weighted by molar-refractivity contribution is 0.669. The molecule has 0 spiro atoms. The van der Waals surface area contributed by atoms with Crippen molar-refractivity contribution >= 4 is 60.7 Å². The summed E-state index contributed by atoms with van der Waals surface area (Å²) in [5.41, 5.74) is 17.8. The summed E-state index contributed by atoms with van der Waals surface area (Å²) in [7, 11) is 0. The Bertz CT molecular complexity index is 3360. The van der Waals surface area contributed by atoms with Gasteiger partial charge in [-0.1, -0.05) is 146 Å². The number of fused-ring (bicyclic) bond motifs is 10. The summed E-state index contributed by atoms with van der Waals surface area (Å²) >= 11 is 0. The predicted octanol–water partition coefficient (Wildman–Crippen LogP) is 15.3. The van der Waals surface area contributed by atoms with E-state index in [4.69, 9.17) is 4.42 Å². The molecule has 3 nitrogen and oxygen atoms in total. The average molecular weight is 755 g/mol.